The predicted octanol–water partition coefficient (Wildman–Crippen LogP) is 2.38. The maximum absolute atomic E-state index is 12.3. The first-order valence-electron chi connectivity index (χ1n) is 8.89. The first-order chi connectivity index (χ1) is 12.5. The van der Waals surface area contributed by atoms with Crippen LogP contribution in [0.4, 0.5) is 5.69 Å². The van der Waals surface area contributed by atoms with Gasteiger partial charge in [0.05, 0.1) is 17.6 Å². The van der Waals surface area contributed by atoms with Gasteiger partial charge in [0.2, 0.25) is 0 Å². The van der Waals surface area contributed by atoms with Crippen molar-refractivity contribution in [1.29, 1.82) is 0 Å². The lowest BCUT2D eigenvalue weighted by Gasteiger charge is -2.19. The zero-order chi connectivity index (χ0) is 18.9. The average molecular weight is 363 g/mol. The Kier molecular flexibility index (Phi) is 7.53. The van der Waals surface area contributed by atoms with Gasteiger partial charge in [-0.05, 0) is 45.0 Å². The molecule has 1 aliphatic rings. The van der Waals surface area contributed by atoms with Crippen molar-refractivity contribution in [1.82, 2.24) is 10.2 Å². The number of nitro groups is 1. The number of carbonyl (C=O) groups is 2. The molecule has 1 aromatic rings. The maximum Gasteiger partial charge on any atom is 0.338 e. The van der Waals surface area contributed by atoms with Gasteiger partial charge in [-0.2, -0.15) is 0 Å². The van der Waals surface area contributed by atoms with E-state index in [2.05, 4.69) is 15.0 Å². The summed E-state index contributed by atoms with van der Waals surface area (Å²) in [5, 5.41) is 13.8. The van der Waals surface area contributed by atoms with Gasteiger partial charge in [0, 0.05) is 24.2 Å². The molecule has 1 saturated heterocycles. The molecule has 1 N–H and O–H groups in total. The minimum absolute atomic E-state index is 0.0172. The molecule has 0 aromatic heterocycles. The number of likely N-dealkylation sites (tertiary alicyclic amines) is 1. The van der Waals surface area contributed by atoms with E-state index >= 15 is 0 Å². The smallest absolute Gasteiger partial charge is 0.338 e. The molecule has 26 heavy (non-hydrogen) atoms. The number of nitro benzene ring substituents is 1. The van der Waals surface area contributed by atoms with Crippen molar-refractivity contribution in [2.24, 2.45) is 0 Å². The lowest BCUT2D eigenvalue weighted by Crippen LogP contribution is -2.30. The highest BCUT2D eigenvalue weighted by atomic mass is 16.6. The van der Waals surface area contributed by atoms with E-state index in [1.807, 2.05) is 0 Å². The Labute approximate surface area is 152 Å². The number of rotatable bonds is 7. The number of hydrogen-bond donors (Lipinski definition) is 1. The number of ether oxygens (including phenoxy) is 1. The third-order valence-electron chi connectivity index (χ3n) is 4.45. The number of non-ortho nitro benzene ring substituents is 1. The normalized spacial score (nSPS) is 15.1. The highest BCUT2D eigenvalue weighted by Crippen LogP contribution is 2.18. The second-order valence-electron chi connectivity index (χ2n) is 6.38. The Hall–Kier alpha value is -2.48. The molecular formula is C18H25N3O5. The summed E-state index contributed by atoms with van der Waals surface area (Å²) < 4.78 is 4.58. The van der Waals surface area contributed by atoms with Crippen LogP contribution in [0.3, 0.4) is 0 Å². The van der Waals surface area contributed by atoms with Gasteiger partial charge in [-0.1, -0.05) is 12.8 Å². The van der Waals surface area contributed by atoms with Gasteiger partial charge in [-0.25, -0.2) is 4.79 Å². The van der Waals surface area contributed by atoms with Crippen molar-refractivity contribution in [3.63, 3.8) is 0 Å². The van der Waals surface area contributed by atoms with Gasteiger partial charge in [0.15, 0.2) is 0 Å². The molecule has 142 valence electrons. The molecule has 2 rings (SSSR count). The number of nitrogens with one attached hydrogen (secondary N) is 1. The number of nitrogens with zero attached hydrogens (tertiary/aromatic N) is 2. The molecular weight excluding hydrogens is 338 g/mol. The van der Waals surface area contributed by atoms with Crippen LogP contribution in [0.15, 0.2) is 18.2 Å². The largest absolute Gasteiger partial charge is 0.465 e. The van der Waals surface area contributed by atoms with Gasteiger partial charge in [-0.15, -0.1) is 0 Å². The third-order valence-corrected chi connectivity index (χ3v) is 4.45. The van der Waals surface area contributed by atoms with E-state index in [-0.39, 0.29) is 16.8 Å². The van der Waals surface area contributed by atoms with Crippen LogP contribution in [0.2, 0.25) is 0 Å². The lowest BCUT2D eigenvalue weighted by molar-refractivity contribution is -0.384. The van der Waals surface area contributed by atoms with E-state index in [9.17, 15) is 19.7 Å². The molecule has 0 bridgehead atoms. The van der Waals surface area contributed by atoms with E-state index in [0.29, 0.717) is 6.54 Å². The van der Waals surface area contributed by atoms with Crippen molar-refractivity contribution in [2.75, 3.05) is 33.3 Å². The number of methoxy groups -OCH3 is 1. The van der Waals surface area contributed by atoms with E-state index < -0.39 is 16.8 Å². The molecule has 8 nitrogen and oxygen atoms in total. The Morgan fingerprint density at radius 2 is 1.81 bits per heavy atom. The number of amides is 1. The molecule has 8 heteroatoms. The SMILES string of the molecule is COC(=O)c1cc(C(=O)NCCCN2CCCCCC2)cc([N+](=O)[O-])c1. The minimum Gasteiger partial charge on any atom is -0.465 e. The highest BCUT2D eigenvalue weighted by Gasteiger charge is 2.18. The van der Waals surface area contributed by atoms with Crippen molar-refractivity contribution >= 4 is 17.6 Å². The molecule has 0 atom stereocenters. The second-order valence-corrected chi connectivity index (χ2v) is 6.38. The number of carbonyl (C=O) groups excluding carboxylic acids is 2. The van der Waals surface area contributed by atoms with Gasteiger partial charge in [0.1, 0.15) is 0 Å². The Bertz CT molecular complexity index is 654. The summed E-state index contributed by atoms with van der Waals surface area (Å²) in [4.78, 5) is 36.7. The van der Waals surface area contributed by atoms with Crippen LogP contribution in [0.1, 0.15) is 52.8 Å². The molecule has 0 radical (unpaired) electrons. The summed E-state index contributed by atoms with van der Waals surface area (Å²) in [6.45, 7) is 3.59. The average Bonchev–Trinajstić information content (AvgIpc) is 2.92. The summed E-state index contributed by atoms with van der Waals surface area (Å²) in [6.07, 6.45) is 5.81. The summed E-state index contributed by atoms with van der Waals surface area (Å²) in [6, 6.07) is 3.57. The maximum atomic E-state index is 12.3. The van der Waals surface area contributed by atoms with Gasteiger partial charge in [-0.3, -0.25) is 14.9 Å². The molecule has 0 unspecified atom stereocenters. The van der Waals surface area contributed by atoms with Crippen LogP contribution in [0, 0.1) is 10.1 Å². The van der Waals surface area contributed by atoms with Crippen molar-refractivity contribution in [3.05, 3.63) is 39.4 Å². The Balaban J connectivity index is 1.92. The minimum atomic E-state index is -0.719. The fourth-order valence-electron chi connectivity index (χ4n) is 3.05. The van der Waals surface area contributed by atoms with E-state index in [1.165, 1.54) is 38.9 Å². The first kappa shape index (κ1) is 19.8. The fraction of sp³-hybridized carbons (Fsp3) is 0.556. The predicted molar refractivity (Wildman–Crippen MR) is 96.3 cm³/mol. The molecule has 1 aliphatic heterocycles. The topological polar surface area (TPSA) is 102 Å². The molecule has 0 aliphatic carbocycles. The van der Waals surface area contributed by atoms with Crippen molar-refractivity contribution in [2.45, 2.75) is 32.1 Å². The summed E-state index contributed by atoms with van der Waals surface area (Å²) >= 11 is 0. The first-order valence-corrected chi connectivity index (χ1v) is 8.89. The summed E-state index contributed by atoms with van der Waals surface area (Å²) in [7, 11) is 1.18. The number of esters is 1. The molecule has 0 saturated carbocycles. The van der Waals surface area contributed by atoms with E-state index in [1.54, 1.807) is 0 Å². The fourth-order valence-corrected chi connectivity index (χ4v) is 3.05. The third kappa shape index (κ3) is 5.80. The van der Waals surface area contributed by atoms with Crippen LogP contribution in [-0.4, -0.2) is 55.0 Å². The summed E-state index contributed by atoms with van der Waals surface area (Å²) in [5.41, 5.74) is -0.256. The van der Waals surface area contributed by atoms with Crippen LogP contribution < -0.4 is 5.32 Å². The molecule has 1 aromatic carbocycles. The standard InChI is InChI=1S/C18H25N3O5/c1-26-18(23)15-11-14(12-16(13-15)21(24)25)17(22)19-7-6-10-20-8-4-2-3-5-9-20/h11-13H,2-10H2,1H3,(H,19,22). The van der Waals surface area contributed by atoms with E-state index in [4.69, 9.17) is 0 Å². The van der Waals surface area contributed by atoms with Gasteiger partial charge < -0.3 is 15.0 Å². The quantitative estimate of drug-likeness (QED) is 0.345. The van der Waals surface area contributed by atoms with E-state index in [0.717, 1.165) is 38.2 Å². The van der Waals surface area contributed by atoms with Crippen molar-refractivity contribution in [3.8, 4) is 0 Å². The number of hydrogen-bond acceptors (Lipinski definition) is 6. The van der Waals surface area contributed by atoms with Crippen LogP contribution in [0.5, 0.6) is 0 Å². The van der Waals surface area contributed by atoms with Crippen LogP contribution >= 0.6 is 0 Å². The Morgan fingerprint density at radius 1 is 1.15 bits per heavy atom. The second kappa shape index (κ2) is 9.86. The number of benzene rings is 1. The zero-order valence-corrected chi connectivity index (χ0v) is 15.0. The molecule has 1 fully saturated rings. The molecule has 0 spiro atoms. The lowest BCUT2D eigenvalue weighted by atomic mass is 10.1. The van der Waals surface area contributed by atoms with Crippen LogP contribution in [-0.2, 0) is 4.74 Å². The molecule has 1 heterocycles. The zero-order valence-electron chi connectivity index (χ0n) is 15.0. The van der Waals surface area contributed by atoms with Gasteiger partial charge >= 0.3 is 5.97 Å². The summed E-state index contributed by atoms with van der Waals surface area (Å²) in [5.74, 6) is -1.15. The highest BCUT2D eigenvalue weighted by molar-refractivity contribution is 5.98. The van der Waals surface area contributed by atoms with Gasteiger partial charge in [0.25, 0.3) is 11.6 Å². The molecule has 1 amide bonds. The van der Waals surface area contributed by atoms with Crippen LogP contribution in [0.25, 0.3) is 0 Å². The monoisotopic (exact) mass is 363 g/mol. The van der Waals surface area contributed by atoms with Crippen molar-refractivity contribution < 1.29 is 19.2 Å². The Morgan fingerprint density at radius 3 is 2.42 bits per heavy atom.